The van der Waals surface area contributed by atoms with Crippen LogP contribution < -0.4 is 10.6 Å². The zero-order valence-corrected chi connectivity index (χ0v) is 14.6. The van der Waals surface area contributed by atoms with E-state index in [9.17, 15) is 4.79 Å². The maximum atomic E-state index is 11.2. The van der Waals surface area contributed by atoms with Crippen LogP contribution >= 0.6 is 0 Å². The first-order valence-corrected chi connectivity index (χ1v) is 8.35. The Labute approximate surface area is 135 Å². The molecule has 0 spiro atoms. The van der Waals surface area contributed by atoms with Gasteiger partial charge in [-0.2, -0.15) is 0 Å². The lowest BCUT2D eigenvalue weighted by atomic mass is 10.1. The van der Waals surface area contributed by atoms with Gasteiger partial charge in [-0.3, -0.25) is 9.79 Å². The summed E-state index contributed by atoms with van der Waals surface area (Å²) >= 11 is 0. The first-order valence-electron chi connectivity index (χ1n) is 8.35. The fourth-order valence-electron chi connectivity index (χ4n) is 1.65. The van der Waals surface area contributed by atoms with E-state index in [0.717, 1.165) is 32.1 Å². The van der Waals surface area contributed by atoms with Crippen LogP contribution in [-0.2, 0) is 14.3 Å². The summed E-state index contributed by atoms with van der Waals surface area (Å²) in [6.45, 7) is 12.2. The second kappa shape index (κ2) is 14.6. The summed E-state index contributed by atoms with van der Waals surface area (Å²) in [4.78, 5) is 15.6. The average Bonchev–Trinajstić information content (AvgIpc) is 2.47. The van der Waals surface area contributed by atoms with E-state index in [4.69, 9.17) is 9.47 Å². The molecule has 0 rings (SSSR count). The molecule has 0 unspecified atom stereocenters. The van der Waals surface area contributed by atoms with Crippen LogP contribution in [-0.4, -0.2) is 51.4 Å². The number of nitrogens with zero attached hydrogens (tertiary/aromatic N) is 1. The molecule has 6 nitrogen and oxygen atoms in total. The summed E-state index contributed by atoms with van der Waals surface area (Å²) < 4.78 is 10.4. The Morgan fingerprint density at radius 3 is 2.59 bits per heavy atom. The van der Waals surface area contributed by atoms with Gasteiger partial charge in [-0.15, -0.1) is 0 Å². The number of esters is 1. The SMILES string of the molecule is CCNC(=NCCCC(=O)OCC)NCCOCCC(C)C. The van der Waals surface area contributed by atoms with Crippen molar-refractivity contribution < 1.29 is 14.3 Å². The number of hydrogen-bond acceptors (Lipinski definition) is 4. The minimum atomic E-state index is -0.158. The summed E-state index contributed by atoms with van der Waals surface area (Å²) in [5.41, 5.74) is 0. The molecule has 0 radical (unpaired) electrons. The predicted molar refractivity (Wildman–Crippen MR) is 90.1 cm³/mol. The van der Waals surface area contributed by atoms with E-state index in [1.807, 2.05) is 13.8 Å². The highest BCUT2D eigenvalue weighted by Crippen LogP contribution is 1.98. The number of guanidine groups is 1. The molecule has 0 heterocycles. The maximum Gasteiger partial charge on any atom is 0.305 e. The van der Waals surface area contributed by atoms with Crippen molar-refractivity contribution >= 4 is 11.9 Å². The molecule has 0 aromatic carbocycles. The van der Waals surface area contributed by atoms with Crippen LogP contribution in [0, 0.1) is 5.92 Å². The minimum Gasteiger partial charge on any atom is -0.466 e. The quantitative estimate of drug-likeness (QED) is 0.249. The Kier molecular flexibility index (Phi) is 13.8. The molecule has 0 bridgehead atoms. The molecule has 0 aliphatic carbocycles. The van der Waals surface area contributed by atoms with Crippen LogP contribution in [0.1, 0.15) is 47.0 Å². The van der Waals surface area contributed by atoms with Crippen molar-refractivity contribution in [2.45, 2.75) is 47.0 Å². The van der Waals surface area contributed by atoms with Crippen molar-refractivity contribution in [2.75, 3.05) is 39.5 Å². The van der Waals surface area contributed by atoms with E-state index in [0.29, 0.717) is 38.5 Å². The molecule has 0 aromatic heterocycles. The molecule has 22 heavy (non-hydrogen) atoms. The third-order valence-electron chi connectivity index (χ3n) is 2.84. The van der Waals surface area contributed by atoms with E-state index < -0.39 is 0 Å². The summed E-state index contributed by atoms with van der Waals surface area (Å²) in [7, 11) is 0. The second-order valence-corrected chi connectivity index (χ2v) is 5.39. The molecule has 2 N–H and O–H groups in total. The van der Waals surface area contributed by atoms with Gasteiger partial charge in [0.25, 0.3) is 0 Å². The Balaban J connectivity index is 3.79. The molecule has 0 aliphatic rings. The van der Waals surface area contributed by atoms with E-state index in [-0.39, 0.29) is 5.97 Å². The second-order valence-electron chi connectivity index (χ2n) is 5.39. The molecule has 0 saturated heterocycles. The van der Waals surface area contributed by atoms with Crippen LogP contribution in [0.3, 0.4) is 0 Å². The highest BCUT2D eigenvalue weighted by Gasteiger charge is 2.01. The van der Waals surface area contributed by atoms with Gasteiger partial charge in [0.2, 0.25) is 0 Å². The van der Waals surface area contributed by atoms with Crippen molar-refractivity contribution in [1.29, 1.82) is 0 Å². The van der Waals surface area contributed by atoms with Crippen LogP contribution in [0.4, 0.5) is 0 Å². The highest BCUT2D eigenvalue weighted by atomic mass is 16.5. The molecule has 0 aliphatic heterocycles. The molecule has 130 valence electrons. The first kappa shape index (κ1) is 20.7. The van der Waals surface area contributed by atoms with Crippen molar-refractivity contribution in [3.8, 4) is 0 Å². The van der Waals surface area contributed by atoms with Gasteiger partial charge in [0, 0.05) is 32.7 Å². The van der Waals surface area contributed by atoms with Crippen LogP contribution in [0.2, 0.25) is 0 Å². The Bertz CT molecular complexity index is 307. The van der Waals surface area contributed by atoms with Gasteiger partial charge >= 0.3 is 5.97 Å². The van der Waals surface area contributed by atoms with Gasteiger partial charge in [0.15, 0.2) is 5.96 Å². The Hall–Kier alpha value is -1.30. The molecule has 0 fully saturated rings. The molecular formula is C16H33N3O3. The van der Waals surface area contributed by atoms with E-state index in [1.165, 1.54) is 0 Å². The number of ether oxygens (including phenoxy) is 2. The molecule has 0 aromatic rings. The van der Waals surface area contributed by atoms with Crippen molar-refractivity contribution in [3.63, 3.8) is 0 Å². The summed E-state index contributed by atoms with van der Waals surface area (Å²) in [6, 6.07) is 0. The Morgan fingerprint density at radius 1 is 1.18 bits per heavy atom. The number of carbonyl (C=O) groups is 1. The van der Waals surface area contributed by atoms with Gasteiger partial charge in [0.05, 0.1) is 13.2 Å². The van der Waals surface area contributed by atoms with Crippen LogP contribution in [0.25, 0.3) is 0 Å². The number of nitrogens with one attached hydrogen (secondary N) is 2. The normalized spacial score (nSPS) is 11.6. The van der Waals surface area contributed by atoms with Crippen LogP contribution in [0.5, 0.6) is 0 Å². The summed E-state index contributed by atoms with van der Waals surface area (Å²) in [5.74, 6) is 1.28. The zero-order valence-electron chi connectivity index (χ0n) is 14.6. The lowest BCUT2D eigenvalue weighted by Crippen LogP contribution is -2.39. The fraction of sp³-hybridized carbons (Fsp3) is 0.875. The molecule has 6 heteroatoms. The van der Waals surface area contributed by atoms with Crippen molar-refractivity contribution in [1.82, 2.24) is 10.6 Å². The van der Waals surface area contributed by atoms with E-state index in [2.05, 4.69) is 29.5 Å². The monoisotopic (exact) mass is 315 g/mol. The molecule has 0 amide bonds. The topological polar surface area (TPSA) is 72.0 Å². The fourth-order valence-corrected chi connectivity index (χ4v) is 1.65. The number of aliphatic imine (C=N–C) groups is 1. The molecular weight excluding hydrogens is 282 g/mol. The average molecular weight is 315 g/mol. The van der Waals surface area contributed by atoms with E-state index in [1.54, 1.807) is 0 Å². The zero-order chi connectivity index (χ0) is 16.6. The highest BCUT2D eigenvalue weighted by molar-refractivity contribution is 5.79. The van der Waals surface area contributed by atoms with Crippen molar-refractivity contribution in [3.05, 3.63) is 0 Å². The standard InChI is InChI=1S/C16H33N3O3/c1-5-17-16(18-10-7-8-15(20)22-6-2)19-11-13-21-12-9-14(3)4/h14H,5-13H2,1-4H3,(H2,17,18,19). The van der Waals surface area contributed by atoms with Crippen molar-refractivity contribution in [2.24, 2.45) is 10.9 Å². The van der Waals surface area contributed by atoms with Crippen LogP contribution in [0.15, 0.2) is 4.99 Å². The van der Waals surface area contributed by atoms with Gasteiger partial charge in [0.1, 0.15) is 0 Å². The molecule has 0 atom stereocenters. The number of rotatable bonds is 12. The predicted octanol–water partition coefficient (Wildman–Crippen LogP) is 1.95. The third kappa shape index (κ3) is 13.7. The largest absolute Gasteiger partial charge is 0.466 e. The summed E-state index contributed by atoms with van der Waals surface area (Å²) in [5, 5.41) is 6.39. The van der Waals surface area contributed by atoms with Gasteiger partial charge in [-0.25, -0.2) is 0 Å². The lowest BCUT2D eigenvalue weighted by Gasteiger charge is -2.12. The maximum absolute atomic E-state index is 11.2. The lowest BCUT2D eigenvalue weighted by molar-refractivity contribution is -0.143. The van der Waals surface area contributed by atoms with E-state index >= 15 is 0 Å². The summed E-state index contributed by atoms with van der Waals surface area (Å²) in [6.07, 6.45) is 2.19. The van der Waals surface area contributed by atoms with Gasteiger partial charge in [-0.05, 0) is 32.6 Å². The number of hydrogen-bond donors (Lipinski definition) is 2. The first-order chi connectivity index (χ1) is 10.6. The minimum absolute atomic E-state index is 0.158. The third-order valence-corrected chi connectivity index (χ3v) is 2.84. The number of carbonyl (C=O) groups excluding carboxylic acids is 1. The smallest absolute Gasteiger partial charge is 0.305 e. The van der Waals surface area contributed by atoms with Gasteiger partial charge in [-0.1, -0.05) is 13.8 Å². The molecule has 0 saturated carbocycles. The van der Waals surface area contributed by atoms with Gasteiger partial charge < -0.3 is 20.1 Å². The Morgan fingerprint density at radius 2 is 1.95 bits per heavy atom.